The van der Waals surface area contributed by atoms with E-state index < -0.39 is 12.0 Å². The number of aromatic nitrogens is 2. The van der Waals surface area contributed by atoms with Crippen LogP contribution in [0.25, 0.3) is 11.5 Å². The largest absolute Gasteiger partial charge is 0.480 e. The van der Waals surface area contributed by atoms with E-state index in [-0.39, 0.29) is 5.91 Å². The summed E-state index contributed by atoms with van der Waals surface area (Å²) in [7, 11) is 0. The van der Waals surface area contributed by atoms with Crippen molar-refractivity contribution in [2.45, 2.75) is 32.7 Å². The maximum atomic E-state index is 12.7. The molecular weight excluding hydrogens is 310 g/mol. The first-order chi connectivity index (χ1) is 11.5. The molecule has 1 N–H and O–H groups in total. The molecule has 1 amide bonds. The fourth-order valence-corrected chi connectivity index (χ4v) is 2.95. The number of hydrogen-bond donors (Lipinski definition) is 1. The number of aryl methyl sites for hydroxylation is 1. The van der Waals surface area contributed by atoms with Crippen LogP contribution < -0.4 is 0 Å². The van der Waals surface area contributed by atoms with Crippen molar-refractivity contribution in [3.05, 3.63) is 35.7 Å². The number of likely N-dealkylation sites (tertiary alicyclic amines) is 1. The van der Waals surface area contributed by atoms with Crippen molar-refractivity contribution in [3.8, 4) is 11.5 Å². The number of amides is 1. The number of aliphatic carboxylic acids is 1. The van der Waals surface area contributed by atoms with E-state index in [1.807, 2.05) is 6.92 Å². The maximum absolute atomic E-state index is 12.7. The van der Waals surface area contributed by atoms with E-state index in [2.05, 4.69) is 10.2 Å². The highest BCUT2D eigenvalue weighted by Crippen LogP contribution is 2.25. The van der Waals surface area contributed by atoms with Crippen molar-refractivity contribution in [2.24, 2.45) is 5.92 Å². The average molecular weight is 329 g/mol. The molecule has 0 spiro atoms. The molecule has 2 aromatic rings. The number of rotatable bonds is 3. The number of carboxylic acid groups (broad SMARTS) is 1. The molecule has 2 heterocycles. The lowest BCUT2D eigenvalue weighted by atomic mass is 9.92. The lowest BCUT2D eigenvalue weighted by molar-refractivity contribution is -0.144. The van der Waals surface area contributed by atoms with Gasteiger partial charge in [0.2, 0.25) is 11.8 Å². The van der Waals surface area contributed by atoms with Crippen molar-refractivity contribution >= 4 is 11.9 Å². The minimum atomic E-state index is -0.951. The number of carboxylic acids is 1. The van der Waals surface area contributed by atoms with Crippen LogP contribution in [0.1, 0.15) is 36.0 Å². The van der Waals surface area contributed by atoms with Gasteiger partial charge in [-0.2, -0.15) is 0 Å². The second-order valence-electron chi connectivity index (χ2n) is 6.19. The molecular formula is C17H19N3O4. The van der Waals surface area contributed by atoms with Crippen molar-refractivity contribution in [2.75, 3.05) is 6.54 Å². The van der Waals surface area contributed by atoms with Crippen LogP contribution in [0.4, 0.5) is 0 Å². The van der Waals surface area contributed by atoms with Gasteiger partial charge in [-0.3, -0.25) is 4.79 Å². The normalized spacial score (nSPS) is 20.8. The second-order valence-corrected chi connectivity index (χ2v) is 6.19. The van der Waals surface area contributed by atoms with Gasteiger partial charge in [-0.25, -0.2) is 4.79 Å². The molecule has 7 nitrogen and oxygen atoms in total. The van der Waals surface area contributed by atoms with Crippen LogP contribution in [0.15, 0.2) is 28.7 Å². The molecule has 0 aliphatic carbocycles. The highest BCUT2D eigenvalue weighted by Gasteiger charge is 2.35. The van der Waals surface area contributed by atoms with Gasteiger partial charge in [-0.05, 0) is 43.0 Å². The van der Waals surface area contributed by atoms with Crippen LogP contribution in [-0.4, -0.2) is 44.7 Å². The second kappa shape index (κ2) is 6.43. The fourth-order valence-electron chi connectivity index (χ4n) is 2.95. The number of hydrogen-bond acceptors (Lipinski definition) is 5. The van der Waals surface area contributed by atoms with E-state index in [1.165, 1.54) is 4.90 Å². The molecule has 1 aliphatic heterocycles. The molecule has 3 rings (SSSR count). The Morgan fingerprint density at radius 2 is 1.96 bits per heavy atom. The average Bonchev–Trinajstić information content (AvgIpc) is 3.01. The Hall–Kier alpha value is -2.70. The summed E-state index contributed by atoms with van der Waals surface area (Å²) in [5.41, 5.74) is 1.17. The Labute approximate surface area is 139 Å². The van der Waals surface area contributed by atoms with Crippen molar-refractivity contribution < 1.29 is 19.1 Å². The summed E-state index contributed by atoms with van der Waals surface area (Å²) in [6.07, 6.45) is 1.30. The van der Waals surface area contributed by atoms with Crippen LogP contribution in [-0.2, 0) is 4.79 Å². The third-order valence-electron chi connectivity index (χ3n) is 4.32. The summed E-state index contributed by atoms with van der Waals surface area (Å²) in [4.78, 5) is 25.6. The molecule has 126 valence electrons. The van der Waals surface area contributed by atoms with E-state index in [0.29, 0.717) is 41.8 Å². The molecule has 0 bridgehead atoms. The third kappa shape index (κ3) is 3.15. The fraction of sp³-hybridized carbons (Fsp3) is 0.412. The van der Waals surface area contributed by atoms with Crippen LogP contribution >= 0.6 is 0 Å². The summed E-state index contributed by atoms with van der Waals surface area (Å²) < 4.78 is 5.35. The number of piperidine rings is 1. The van der Waals surface area contributed by atoms with Gasteiger partial charge >= 0.3 is 5.97 Å². The van der Waals surface area contributed by atoms with E-state index >= 15 is 0 Å². The molecule has 1 aromatic carbocycles. The van der Waals surface area contributed by atoms with Gasteiger partial charge in [0.15, 0.2) is 0 Å². The van der Waals surface area contributed by atoms with Gasteiger partial charge < -0.3 is 14.4 Å². The van der Waals surface area contributed by atoms with E-state index in [1.54, 1.807) is 31.2 Å². The van der Waals surface area contributed by atoms with E-state index in [0.717, 1.165) is 6.42 Å². The first-order valence-electron chi connectivity index (χ1n) is 7.90. The maximum Gasteiger partial charge on any atom is 0.326 e. The highest BCUT2D eigenvalue weighted by molar-refractivity contribution is 5.97. The lowest BCUT2D eigenvalue weighted by Crippen LogP contribution is -2.49. The van der Waals surface area contributed by atoms with Crippen LogP contribution in [0, 0.1) is 12.8 Å². The summed E-state index contributed by atoms with van der Waals surface area (Å²) in [5, 5.41) is 17.1. The summed E-state index contributed by atoms with van der Waals surface area (Å²) >= 11 is 0. The Bertz CT molecular complexity index is 753. The zero-order valence-electron chi connectivity index (χ0n) is 13.6. The smallest absolute Gasteiger partial charge is 0.326 e. The van der Waals surface area contributed by atoms with Gasteiger partial charge in [0.1, 0.15) is 6.04 Å². The van der Waals surface area contributed by atoms with Gasteiger partial charge in [0, 0.05) is 24.6 Å². The van der Waals surface area contributed by atoms with Crippen LogP contribution in [0.2, 0.25) is 0 Å². The molecule has 2 unspecified atom stereocenters. The first kappa shape index (κ1) is 16.2. The zero-order chi connectivity index (χ0) is 17.3. The Morgan fingerprint density at radius 3 is 2.54 bits per heavy atom. The lowest BCUT2D eigenvalue weighted by Gasteiger charge is -2.36. The predicted octanol–water partition coefficient (Wildman–Crippen LogP) is 2.37. The quantitative estimate of drug-likeness (QED) is 0.928. The minimum absolute atomic E-state index is 0.262. The molecule has 1 aliphatic rings. The topological polar surface area (TPSA) is 96.5 Å². The molecule has 2 atom stereocenters. The molecule has 24 heavy (non-hydrogen) atoms. The standard InChI is InChI=1S/C17H19N3O4/c1-10-7-8-20(14(9-10)17(22)23)16(21)13-5-3-12(4-6-13)15-19-18-11(2)24-15/h3-6,10,14H,7-9H2,1-2H3,(H,22,23). The molecule has 0 saturated carbocycles. The Balaban J connectivity index is 1.80. The minimum Gasteiger partial charge on any atom is -0.480 e. The van der Waals surface area contributed by atoms with Crippen molar-refractivity contribution in [3.63, 3.8) is 0 Å². The number of nitrogens with zero attached hydrogens (tertiary/aromatic N) is 3. The Kier molecular flexibility index (Phi) is 4.33. The van der Waals surface area contributed by atoms with Gasteiger partial charge in [-0.15, -0.1) is 10.2 Å². The summed E-state index contributed by atoms with van der Waals surface area (Å²) in [5.74, 6) is -0.0488. The summed E-state index contributed by atoms with van der Waals surface area (Å²) in [6, 6.07) is 6.01. The monoisotopic (exact) mass is 329 g/mol. The first-order valence-corrected chi connectivity index (χ1v) is 7.90. The molecule has 7 heteroatoms. The Morgan fingerprint density at radius 1 is 1.25 bits per heavy atom. The molecule has 1 saturated heterocycles. The molecule has 0 radical (unpaired) electrons. The van der Waals surface area contributed by atoms with E-state index in [9.17, 15) is 14.7 Å². The molecule has 1 aromatic heterocycles. The number of carbonyl (C=O) groups is 2. The van der Waals surface area contributed by atoms with Crippen LogP contribution in [0.3, 0.4) is 0 Å². The third-order valence-corrected chi connectivity index (χ3v) is 4.32. The van der Waals surface area contributed by atoms with Gasteiger partial charge in [0.05, 0.1) is 0 Å². The highest BCUT2D eigenvalue weighted by atomic mass is 16.4. The summed E-state index contributed by atoms with van der Waals surface area (Å²) in [6.45, 7) is 4.18. The molecule has 1 fully saturated rings. The number of carbonyl (C=O) groups excluding carboxylic acids is 1. The van der Waals surface area contributed by atoms with Gasteiger partial charge in [0.25, 0.3) is 5.91 Å². The van der Waals surface area contributed by atoms with Crippen molar-refractivity contribution in [1.82, 2.24) is 15.1 Å². The number of benzene rings is 1. The van der Waals surface area contributed by atoms with E-state index in [4.69, 9.17) is 4.42 Å². The SMILES string of the molecule is Cc1nnc(-c2ccc(C(=O)N3CCC(C)CC3C(=O)O)cc2)o1. The van der Waals surface area contributed by atoms with Crippen LogP contribution in [0.5, 0.6) is 0 Å². The predicted molar refractivity (Wildman–Crippen MR) is 85.3 cm³/mol. The zero-order valence-corrected chi connectivity index (χ0v) is 13.6. The van der Waals surface area contributed by atoms with Crippen molar-refractivity contribution in [1.29, 1.82) is 0 Å². The van der Waals surface area contributed by atoms with Gasteiger partial charge in [-0.1, -0.05) is 6.92 Å².